The minimum Gasteiger partial charge on any atom is -0.460 e. The third-order valence-corrected chi connectivity index (χ3v) is 2.53. The van der Waals surface area contributed by atoms with Gasteiger partial charge in [0.1, 0.15) is 17.0 Å². The van der Waals surface area contributed by atoms with Gasteiger partial charge in [-0.3, -0.25) is 14.4 Å². The minimum absolute atomic E-state index is 0.133. The first-order valence-electron chi connectivity index (χ1n) is 7.44. The molecule has 0 aliphatic heterocycles. The molecule has 6 nitrogen and oxygen atoms in total. The molecule has 0 bridgehead atoms. The highest BCUT2D eigenvalue weighted by Gasteiger charge is 2.31. The zero-order valence-corrected chi connectivity index (χ0v) is 14.7. The number of rotatable bonds is 6. The molecule has 0 aliphatic carbocycles. The number of ether oxygens (including phenoxy) is 2. The molecule has 0 fully saturated rings. The lowest BCUT2D eigenvalue weighted by Crippen LogP contribution is -2.36. The molecule has 22 heavy (non-hydrogen) atoms. The van der Waals surface area contributed by atoms with Crippen LogP contribution < -0.4 is 5.73 Å². The molecule has 0 unspecified atom stereocenters. The lowest BCUT2D eigenvalue weighted by Gasteiger charge is -2.25. The van der Waals surface area contributed by atoms with Crippen molar-refractivity contribution < 1.29 is 23.9 Å². The minimum atomic E-state index is -0.882. The van der Waals surface area contributed by atoms with Crippen molar-refractivity contribution in [3.8, 4) is 0 Å². The molecule has 0 aromatic rings. The first-order valence-corrected chi connectivity index (χ1v) is 7.44. The number of carbonyl (C=O) groups is 3. The average Bonchev–Trinajstić information content (AvgIpc) is 2.22. The van der Waals surface area contributed by atoms with Crippen LogP contribution in [0.25, 0.3) is 0 Å². The normalized spacial score (nSPS) is 14.9. The standard InChI is InChI=1S/C16H29NO5/c1-10(17)12(18)8-11(14(20)22-16(5,6)7)9-13(19)21-15(2,3)4/h10-11H,8-9,17H2,1-7H3/t10-,11+/m1/s1. The van der Waals surface area contributed by atoms with E-state index in [1.54, 1.807) is 48.5 Å². The van der Waals surface area contributed by atoms with Gasteiger partial charge < -0.3 is 15.2 Å². The summed E-state index contributed by atoms with van der Waals surface area (Å²) in [6, 6.07) is -0.691. The Bertz CT molecular complexity index is 415. The SMILES string of the molecule is C[C@@H](N)C(=O)C[C@@H](CC(=O)OC(C)(C)C)C(=O)OC(C)(C)C. The Kier molecular flexibility index (Phi) is 7.22. The molecule has 0 radical (unpaired) electrons. The second-order valence-corrected chi connectivity index (χ2v) is 7.48. The van der Waals surface area contributed by atoms with E-state index < -0.39 is 35.1 Å². The third kappa shape index (κ3) is 9.50. The first kappa shape index (κ1) is 20.6. The van der Waals surface area contributed by atoms with E-state index in [9.17, 15) is 14.4 Å². The monoisotopic (exact) mass is 315 g/mol. The zero-order chi connectivity index (χ0) is 17.7. The number of ketones is 1. The van der Waals surface area contributed by atoms with Crippen LogP contribution in [0.15, 0.2) is 0 Å². The van der Waals surface area contributed by atoms with E-state index in [0.29, 0.717) is 0 Å². The Morgan fingerprint density at radius 2 is 1.36 bits per heavy atom. The second kappa shape index (κ2) is 7.72. The van der Waals surface area contributed by atoms with Gasteiger partial charge in [-0.2, -0.15) is 0 Å². The van der Waals surface area contributed by atoms with Gasteiger partial charge in [-0.25, -0.2) is 0 Å². The van der Waals surface area contributed by atoms with E-state index in [0.717, 1.165) is 0 Å². The Morgan fingerprint density at radius 1 is 0.909 bits per heavy atom. The number of hydrogen-bond acceptors (Lipinski definition) is 6. The summed E-state index contributed by atoms with van der Waals surface area (Å²) in [5.74, 6) is -2.31. The topological polar surface area (TPSA) is 95.7 Å². The fourth-order valence-corrected chi connectivity index (χ4v) is 1.64. The molecule has 0 heterocycles. The van der Waals surface area contributed by atoms with Crippen molar-refractivity contribution in [1.82, 2.24) is 0 Å². The predicted octanol–water partition coefficient (Wildman–Crippen LogP) is 1.98. The van der Waals surface area contributed by atoms with Crippen LogP contribution in [0, 0.1) is 5.92 Å². The molecule has 128 valence electrons. The van der Waals surface area contributed by atoms with Crippen LogP contribution in [0.1, 0.15) is 61.3 Å². The number of nitrogens with two attached hydrogens (primary N) is 1. The predicted molar refractivity (Wildman–Crippen MR) is 83.1 cm³/mol. The molecular formula is C16H29NO5. The molecule has 0 rings (SSSR count). The first-order chi connectivity index (χ1) is 9.71. The summed E-state index contributed by atoms with van der Waals surface area (Å²) < 4.78 is 10.5. The number of carbonyl (C=O) groups excluding carboxylic acids is 3. The van der Waals surface area contributed by atoms with Crippen molar-refractivity contribution in [2.45, 2.75) is 78.6 Å². The van der Waals surface area contributed by atoms with Crippen molar-refractivity contribution in [1.29, 1.82) is 0 Å². The van der Waals surface area contributed by atoms with Gasteiger partial charge in [0, 0.05) is 6.42 Å². The largest absolute Gasteiger partial charge is 0.460 e. The van der Waals surface area contributed by atoms with Gasteiger partial charge in [0.05, 0.1) is 18.4 Å². The van der Waals surface area contributed by atoms with Gasteiger partial charge in [0.25, 0.3) is 0 Å². The number of hydrogen-bond donors (Lipinski definition) is 1. The fraction of sp³-hybridized carbons (Fsp3) is 0.812. The van der Waals surface area contributed by atoms with Crippen LogP contribution in [0.5, 0.6) is 0 Å². The maximum atomic E-state index is 12.2. The number of Topliss-reactive ketones (excluding diaryl/α,β-unsaturated/α-hetero) is 1. The Hall–Kier alpha value is -1.43. The summed E-state index contributed by atoms with van der Waals surface area (Å²) in [5, 5.41) is 0. The maximum absolute atomic E-state index is 12.2. The van der Waals surface area contributed by atoms with E-state index in [1.165, 1.54) is 0 Å². The van der Waals surface area contributed by atoms with E-state index in [2.05, 4.69) is 0 Å². The second-order valence-electron chi connectivity index (χ2n) is 7.48. The van der Waals surface area contributed by atoms with Crippen molar-refractivity contribution >= 4 is 17.7 Å². The van der Waals surface area contributed by atoms with E-state index >= 15 is 0 Å². The Labute approximate surface area is 132 Å². The molecular weight excluding hydrogens is 286 g/mol. The van der Waals surface area contributed by atoms with E-state index in [1.807, 2.05) is 0 Å². The molecule has 0 aromatic carbocycles. The third-order valence-electron chi connectivity index (χ3n) is 2.53. The molecule has 0 aromatic heterocycles. The van der Waals surface area contributed by atoms with Crippen molar-refractivity contribution in [2.24, 2.45) is 11.7 Å². The van der Waals surface area contributed by atoms with Crippen LogP contribution in [0.3, 0.4) is 0 Å². The van der Waals surface area contributed by atoms with Crippen molar-refractivity contribution in [3.05, 3.63) is 0 Å². The van der Waals surface area contributed by atoms with Gasteiger partial charge in [-0.05, 0) is 48.5 Å². The summed E-state index contributed by atoms with van der Waals surface area (Å²) in [5.41, 5.74) is 4.18. The van der Waals surface area contributed by atoms with Gasteiger partial charge >= 0.3 is 11.9 Å². The van der Waals surface area contributed by atoms with Crippen LogP contribution in [-0.4, -0.2) is 35.0 Å². The lowest BCUT2D eigenvalue weighted by atomic mass is 9.96. The Balaban J connectivity index is 4.97. The zero-order valence-electron chi connectivity index (χ0n) is 14.7. The molecule has 0 amide bonds. The quantitative estimate of drug-likeness (QED) is 0.753. The van der Waals surface area contributed by atoms with Crippen LogP contribution in [0.2, 0.25) is 0 Å². The molecule has 0 saturated heterocycles. The fourth-order valence-electron chi connectivity index (χ4n) is 1.64. The maximum Gasteiger partial charge on any atom is 0.310 e. The van der Waals surface area contributed by atoms with Gasteiger partial charge in [-0.1, -0.05) is 0 Å². The van der Waals surface area contributed by atoms with Crippen LogP contribution >= 0.6 is 0 Å². The molecule has 2 N–H and O–H groups in total. The summed E-state index contributed by atoms with van der Waals surface area (Å²) in [6.45, 7) is 11.9. The van der Waals surface area contributed by atoms with Crippen LogP contribution in [-0.2, 0) is 23.9 Å². The molecule has 0 spiro atoms. The summed E-state index contributed by atoms with van der Waals surface area (Å²) in [6.07, 6.45) is -0.337. The highest BCUT2D eigenvalue weighted by Crippen LogP contribution is 2.20. The van der Waals surface area contributed by atoms with Gasteiger partial charge in [0.15, 0.2) is 0 Å². The Morgan fingerprint density at radius 3 is 1.73 bits per heavy atom. The smallest absolute Gasteiger partial charge is 0.310 e. The summed E-state index contributed by atoms with van der Waals surface area (Å²) in [4.78, 5) is 35.9. The van der Waals surface area contributed by atoms with E-state index in [-0.39, 0.29) is 18.6 Å². The molecule has 2 atom stereocenters. The lowest BCUT2D eigenvalue weighted by molar-refractivity contribution is -0.168. The molecule has 6 heteroatoms. The highest BCUT2D eigenvalue weighted by molar-refractivity contribution is 5.89. The van der Waals surface area contributed by atoms with E-state index in [4.69, 9.17) is 15.2 Å². The highest BCUT2D eigenvalue weighted by atomic mass is 16.6. The average molecular weight is 315 g/mol. The molecule has 0 aliphatic rings. The van der Waals surface area contributed by atoms with Crippen molar-refractivity contribution in [2.75, 3.05) is 0 Å². The number of esters is 2. The summed E-state index contributed by atoms with van der Waals surface area (Å²) >= 11 is 0. The van der Waals surface area contributed by atoms with Gasteiger partial charge in [-0.15, -0.1) is 0 Å². The van der Waals surface area contributed by atoms with Crippen LogP contribution in [0.4, 0.5) is 0 Å². The summed E-state index contributed by atoms with van der Waals surface area (Å²) in [7, 11) is 0. The molecule has 0 saturated carbocycles. The van der Waals surface area contributed by atoms with Crippen molar-refractivity contribution in [3.63, 3.8) is 0 Å². The van der Waals surface area contributed by atoms with Gasteiger partial charge in [0.2, 0.25) is 0 Å².